The molecule has 1 aromatic heterocycles. The zero-order chi connectivity index (χ0) is 14.1. The lowest BCUT2D eigenvalue weighted by molar-refractivity contribution is 0.0774. The molecule has 3 rings (SSSR count). The van der Waals surface area contributed by atoms with Gasteiger partial charge in [0.25, 0.3) is 0 Å². The predicted molar refractivity (Wildman–Crippen MR) is 81.4 cm³/mol. The van der Waals surface area contributed by atoms with Gasteiger partial charge in [0.15, 0.2) is 0 Å². The minimum atomic E-state index is 0.650. The lowest BCUT2D eigenvalue weighted by Gasteiger charge is -2.43. The number of aromatic nitrogens is 2. The van der Waals surface area contributed by atoms with Crippen LogP contribution in [0.3, 0.4) is 0 Å². The minimum Gasteiger partial charge on any atom is -0.311 e. The Morgan fingerprint density at radius 1 is 1.45 bits per heavy atom. The molecule has 1 saturated heterocycles. The maximum absolute atomic E-state index is 4.56. The summed E-state index contributed by atoms with van der Waals surface area (Å²) >= 11 is 0. The van der Waals surface area contributed by atoms with Crippen molar-refractivity contribution in [3.63, 3.8) is 0 Å². The smallest absolute Gasteiger partial charge is 0.0764 e. The van der Waals surface area contributed by atoms with Crippen molar-refractivity contribution < 1.29 is 0 Å². The summed E-state index contributed by atoms with van der Waals surface area (Å²) in [6.07, 6.45) is 6.14. The van der Waals surface area contributed by atoms with Crippen molar-refractivity contribution in [3.05, 3.63) is 18.0 Å². The second kappa shape index (κ2) is 5.86. The highest BCUT2D eigenvalue weighted by Crippen LogP contribution is 2.35. The molecule has 3 atom stereocenters. The molecule has 1 aliphatic carbocycles. The van der Waals surface area contributed by atoms with Crippen LogP contribution in [0.1, 0.15) is 38.8 Å². The molecule has 0 bridgehead atoms. The van der Waals surface area contributed by atoms with Gasteiger partial charge in [-0.3, -0.25) is 9.58 Å². The van der Waals surface area contributed by atoms with Crippen molar-refractivity contribution in [3.8, 4) is 0 Å². The molecule has 20 heavy (non-hydrogen) atoms. The zero-order valence-electron chi connectivity index (χ0n) is 13.0. The third-order valence-corrected chi connectivity index (χ3v) is 5.12. The van der Waals surface area contributed by atoms with Gasteiger partial charge in [0, 0.05) is 45.0 Å². The topological polar surface area (TPSA) is 33.1 Å². The standard InChI is InChI=1S/C16H28N4/c1-4-12(2)16-9-17-15(13-5-6-13)11-20(16)10-14-7-8-19(3)18-14/h7-8,12-13,15-17H,4-6,9-11H2,1-3H3. The summed E-state index contributed by atoms with van der Waals surface area (Å²) < 4.78 is 1.91. The maximum Gasteiger partial charge on any atom is 0.0764 e. The minimum absolute atomic E-state index is 0.650. The number of hydrogen-bond donors (Lipinski definition) is 1. The second-order valence-corrected chi connectivity index (χ2v) is 6.72. The number of piperazine rings is 1. The summed E-state index contributed by atoms with van der Waals surface area (Å²) in [7, 11) is 2.00. The quantitative estimate of drug-likeness (QED) is 0.893. The fourth-order valence-electron chi connectivity index (χ4n) is 3.44. The van der Waals surface area contributed by atoms with E-state index >= 15 is 0 Å². The predicted octanol–water partition coefficient (Wildman–Crippen LogP) is 2.02. The van der Waals surface area contributed by atoms with Crippen molar-refractivity contribution in [2.45, 2.75) is 51.7 Å². The second-order valence-electron chi connectivity index (χ2n) is 6.72. The van der Waals surface area contributed by atoms with Crippen molar-refractivity contribution in [1.29, 1.82) is 0 Å². The monoisotopic (exact) mass is 276 g/mol. The summed E-state index contributed by atoms with van der Waals surface area (Å²) in [5.41, 5.74) is 1.21. The Morgan fingerprint density at radius 3 is 2.85 bits per heavy atom. The van der Waals surface area contributed by atoms with Crippen LogP contribution in [0, 0.1) is 11.8 Å². The van der Waals surface area contributed by atoms with Crippen LogP contribution in [0.2, 0.25) is 0 Å². The van der Waals surface area contributed by atoms with Crippen LogP contribution in [0.25, 0.3) is 0 Å². The molecule has 1 saturated carbocycles. The van der Waals surface area contributed by atoms with Crippen molar-refractivity contribution >= 4 is 0 Å². The van der Waals surface area contributed by atoms with E-state index in [-0.39, 0.29) is 0 Å². The number of nitrogens with one attached hydrogen (secondary N) is 1. The molecule has 1 aliphatic heterocycles. The van der Waals surface area contributed by atoms with Gasteiger partial charge in [0.05, 0.1) is 5.69 Å². The van der Waals surface area contributed by atoms with E-state index in [2.05, 4.69) is 35.2 Å². The highest BCUT2D eigenvalue weighted by Gasteiger charge is 2.38. The average Bonchev–Trinajstić information content (AvgIpc) is 3.22. The van der Waals surface area contributed by atoms with Crippen LogP contribution >= 0.6 is 0 Å². The first-order valence-corrected chi connectivity index (χ1v) is 8.13. The molecule has 1 N–H and O–H groups in total. The molecular formula is C16H28N4. The molecule has 4 nitrogen and oxygen atoms in total. The Balaban J connectivity index is 1.69. The van der Waals surface area contributed by atoms with E-state index in [1.165, 1.54) is 31.5 Å². The van der Waals surface area contributed by atoms with Crippen LogP contribution < -0.4 is 5.32 Å². The Hall–Kier alpha value is -0.870. The molecule has 0 amide bonds. The van der Waals surface area contributed by atoms with E-state index in [1.54, 1.807) is 0 Å². The van der Waals surface area contributed by atoms with Gasteiger partial charge in [0.2, 0.25) is 0 Å². The van der Waals surface area contributed by atoms with Gasteiger partial charge in [0.1, 0.15) is 0 Å². The van der Waals surface area contributed by atoms with Gasteiger partial charge < -0.3 is 5.32 Å². The van der Waals surface area contributed by atoms with Crippen LogP contribution in [-0.4, -0.2) is 39.9 Å². The first kappa shape index (κ1) is 14.1. The number of aryl methyl sites for hydroxylation is 1. The van der Waals surface area contributed by atoms with Crippen LogP contribution in [0.15, 0.2) is 12.3 Å². The van der Waals surface area contributed by atoms with Crippen molar-refractivity contribution in [2.75, 3.05) is 13.1 Å². The van der Waals surface area contributed by atoms with Crippen LogP contribution in [0.4, 0.5) is 0 Å². The lowest BCUT2D eigenvalue weighted by Crippen LogP contribution is -2.58. The third kappa shape index (κ3) is 3.07. The Kier molecular flexibility index (Phi) is 4.13. The lowest BCUT2D eigenvalue weighted by atomic mass is 9.93. The Morgan fingerprint density at radius 2 is 2.25 bits per heavy atom. The largest absolute Gasteiger partial charge is 0.311 e. The van der Waals surface area contributed by atoms with Crippen LogP contribution in [-0.2, 0) is 13.6 Å². The molecule has 4 heteroatoms. The SMILES string of the molecule is CCC(C)C1CNC(C2CC2)CN1Cc1ccn(C)n1. The van der Waals surface area contributed by atoms with E-state index < -0.39 is 0 Å². The molecule has 3 unspecified atom stereocenters. The average molecular weight is 276 g/mol. The van der Waals surface area contributed by atoms with Gasteiger partial charge in [-0.2, -0.15) is 5.10 Å². The number of rotatable bonds is 5. The summed E-state index contributed by atoms with van der Waals surface area (Å²) in [4.78, 5) is 2.68. The summed E-state index contributed by atoms with van der Waals surface area (Å²) in [5.74, 6) is 1.67. The first-order valence-electron chi connectivity index (χ1n) is 8.13. The number of hydrogen-bond acceptors (Lipinski definition) is 3. The molecular weight excluding hydrogens is 248 g/mol. The highest BCUT2D eigenvalue weighted by atomic mass is 15.3. The van der Waals surface area contributed by atoms with E-state index in [1.807, 2.05) is 17.9 Å². The van der Waals surface area contributed by atoms with E-state index in [0.717, 1.165) is 24.9 Å². The first-order chi connectivity index (χ1) is 9.67. The molecule has 1 aromatic rings. The van der Waals surface area contributed by atoms with Gasteiger partial charge in [-0.25, -0.2) is 0 Å². The van der Waals surface area contributed by atoms with Crippen molar-refractivity contribution in [2.24, 2.45) is 18.9 Å². The normalized spacial score (nSPS) is 29.6. The van der Waals surface area contributed by atoms with Gasteiger partial charge in [-0.05, 0) is 30.7 Å². The molecule has 0 radical (unpaired) electrons. The molecule has 112 valence electrons. The van der Waals surface area contributed by atoms with E-state index in [4.69, 9.17) is 0 Å². The van der Waals surface area contributed by atoms with Gasteiger partial charge >= 0.3 is 0 Å². The van der Waals surface area contributed by atoms with Gasteiger partial charge in [-0.15, -0.1) is 0 Å². The highest BCUT2D eigenvalue weighted by molar-refractivity contribution is 5.02. The van der Waals surface area contributed by atoms with E-state index in [0.29, 0.717) is 12.1 Å². The Bertz CT molecular complexity index is 437. The molecule has 2 fully saturated rings. The van der Waals surface area contributed by atoms with Gasteiger partial charge in [-0.1, -0.05) is 20.3 Å². The summed E-state index contributed by atoms with van der Waals surface area (Å²) in [6, 6.07) is 3.51. The fourth-order valence-corrected chi connectivity index (χ4v) is 3.44. The summed E-state index contributed by atoms with van der Waals surface area (Å²) in [6.45, 7) is 8.02. The van der Waals surface area contributed by atoms with E-state index in [9.17, 15) is 0 Å². The molecule has 0 aromatic carbocycles. The maximum atomic E-state index is 4.56. The molecule has 2 heterocycles. The molecule has 0 spiro atoms. The third-order valence-electron chi connectivity index (χ3n) is 5.12. The van der Waals surface area contributed by atoms with Crippen molar-refractivity contribution in [1.82, 2.24) is 20.0 Å². The fraction of sp³-hybridized carbons (Fsp3) is 0.812. The number of nitrogens with zero attached hydrogens (tertiary/aromatic N) is 3. The van der Waals surface area contributed by atoms with Crippen LogP contribution in [0.5, 0.6) is 0 Å². The zero-order valence-corrected chi connectivity index (χ0v) is 13.0. The summed E-state index contributed by atoms with van der Waals surface area (Å²) in [5, 5.41) is 8.36. The Labute approximate surface area is 122 Å². The molecule has 2 aliphatic rings.